The van der Waals surface area contributed by atoms with E-state index in [4.69, 9.17) is 9.47 Å². The van der Waals surface area contributed by atoms with Crippen LogP contribution in [0.2, 0.25) is 0 Å². The molecule has 0 bridgehead atoms. The lowest BCUT2D eigenvalue weighted by atomic mass is 9.82. The highest BCUT2D eigenvalue weighted by Gasteiger charge is 2.42. The van der Waals surface area contributed by atoms with Crippen molar-refractivity contribution in [3.05, 3.63) is 58.7 Å². The first-order chi connectivity index (χ1) is 14.5. The molecule has 0 saturated carbocycles. The van der Waals surface area contributed by atoms with E-state index in [1.807, 2.05) is 20.8 Å². The summed E-state index contributed by atoms with van der Waals surface area (Å²) in [5.74, 6) is 1.29. The topological polar surface area (TPSA) is 85.3 Å². The minimum Gasteiger partial charge on any atom is -0.497 e. The molecule has 0 radical (unpaired) electrons. The Hall–Kier alpha value is -3.13. The van der Waals surface area contributed by atoms with Crippen molar-refractivity contribution in [1.29, 1.82) is 0 Å². The van der Waals surface area contributed by atoms with Gasteiger partial charge >= 0.3 is 0 Å². The molecule has 0 aliphatic carbocycles. The average Bonchev–Trinajstić information content (AvgIpc) is 3.13. The summed E-state index contributed by atoms with van der Waals surface area (Å²) in [5.41, 5.74) is 1.95. The summed E-state index contributed by atoms with van der Waals surface area (Å²) < 4.78 is 36.7. The number of carbonyl (C=O) groups is 1. The predicted molar refractivity (Wildman–Crippen MR) is 118 cm³/mol. The van der Waals surface area contributed by atoms with Crippen molar-refractivity contribution in [3.63, 3.8) is 0 Å². The zero-order chi connectivity index (χ0) is 22.6. The third-order valence-corrected chi connectivity index (χ3v) is 7.75. The first-order valence-corrected chi connectivity index (χ1v) is 11.5. The predicted octanol–water partition coefficient (Wildman–Crippen LogP) is 3.32. The summed E-state index contributed by atoms with van der Waals surface area (Å²) in [6.45, 7) is 5.70. The van der Waals surface area contributed by atoms with Crippen LogP contribution in [0.5, 0.6) is 11.5 Å². The van der Waals surface area contributed by atoms with Gasteiger partial charge in [-0.15, -0.1) is 0 Å². The fourth-order valence-corrected chi connectivity index (χ4v) is 6.52. The van der Waals surface area contributed by atoms with Crippen LogP contribution >= 0.6 is 0 Å². The lowest BCUT2D eigenvalue weighted by molar-refractivity contribution is -0.124. The number of rotatable bonds is 4. The van der Waals surface area contributed by atoms with Crippen molar-refractivity contribution in [2.24, 2.45) is 5.10 Å². The van der Waals surface area contributed by atoms with E-state index in [9.17, 15) is 13.2 Å². The zero-order valence-corrected chi connectivity index (χ0v) is 18.9. The van der Waals surface area contributed by atoms with E-state index in [-0.39, 0.29) is 11.7 Å². The number of likely N-dealkylation sites (N-methyl/N-ethyl adjacent to an activating group) is 1. The molecular formula is C23H24N2O5S. The number of sulfone groups is 1. The highest BCUT2D eigenvalue weighted by atomic mass is 32.2. The molecule has 8 heteroatoms. The molecule has 7 nitrogen and oxygen atoms in total. The number of carbonyl (C=O) groups excluding carboxylic acids is 1. The van der Waals surface area contributed by atoms with Crippen LogP contribution in [0.3, 0.4) is 0 Å². The third kappa shape index (κ3) is 3.50. The molecule has 0 fully saturated rings. The van der Waals surface area contributed by atoms with Gasteiger partial charge in [0.25, 0.3) is 5.91 Å². The van der Waals surface area contributed by atoms with E-state index >= 15 is 0 Å². The van der Waals surface area contributed by atoms with Crippen molar-refractivity contribution in [2.75, 3.05) is 19.9 Å². The normalized spacial score (nSPS) is 20.0. The number of benzene rings is 2. The molecule has 2 aromatic carbocycles. The molecule has 0 saturated heterocycles. The number of nitrogens with zero attached hydrogens (tertiary/aromatic N) is 2. The maximum Gasteiger partial charge on any atom is 0.279 e. The third-order valence-electron chi connectivity index (χ3n) is 5.64. The van der Waals surface area contributed by atoms with Crippen molar-refractivity contribution in [2.45, 2.75) is 31.1 Å². The van der Waals surface area contributed by atoms with Gasteiger partial charge in [0.15, 0.2) is 9.84 Å². The fraction of sp³-hybridized carbons (Fsp3) is 0.304. The van der Waals surface area contributed by atoms with Crippen LogP contribution in [0.15, 0.2) is 52.0 Å². The van der Waals surface area contributed by atoms with Crippen molar-refractivity contribution in [1.82, 2.24) is 5.01 Å². The smallest absolute Gasteiger partial charge is 0.279 e. The summed E-state index contributed by atoms with van der Waals surface area (Å²) in [4.78, 5) is 13.1. The first kappa shape index (κ1) is 21.1. The van der Waals surface area contributed by atoms with E-state index < -0.39 is 15.3 Å². The van der Waals surface area contributed by atoms with Crippen LogP contribution in [-0.2, 0) is 20.0 Å². The second kappa shape index (κ2) is 7.23. The van der Waals surface area contributed by atoms with Crippen molar-refractivity contribution < 1.29 is 22.7 Å². The van der Waals surface area contributed by atoms with E-state index in [1.165, 1.54) is 11.2 Å². The van der Waals surface area contributed by atoms with Crippen molar-refractivity contribution in [3.8, 4) is 11.5 Å². The van der Waals surface area contributed by atoms with Gasteiger partial charge in [0.2, 0.25) is 0 Å². The van der Waals surface area contributed by atoms with Gasteiger partial charge in [-0.05, 0) is 54.4 Å². The largest absolute Gasteiger partial charge is 0.497 e. The van der Waals surface area contributed by atoms with Gasteiger partial charge in [-0.3, -0.25) is 4.79 Å². The number of hydrazone groups is 1. The minimum absolute atomic E-state index is 0.0496. The SMILES string of the molecule is COc1ccc(O/C(=C2/C=NN(C)C2=O)c2ccc3c(c2C)C(C)(C)CS3(=O)=O)cc1. The van der Waals surface area contributed by atoms with Gasteiger partial charge in [0.1, 0.15) is 22.8 Å². The second-order valence-electron chi connectivity index (χ2n) is 8.35. The van der Waals surface area contributed by atoms with Crippen LogP contribution < -0.4 is 9.47 Å². The molecular weight excluding hydrogens is 416 g/mol. The second-order valence-corrected chi connectivity index (χ2v) is 10.3. The number of amides is 1. The van der Waals surface area contributed by atoms with Gasteiger partial charge in [0.05, 0.1) is 24.0 Å². The Kier molecular flexibility index (Phi) is 4.93. The molecule has 0 spiro atoms. The number of ether oxygens (including phenoxy) is 2. The monoisotopic (exact) mass is 440 g/mol. The molecule has 0 unspecified atom stereocenters. The summed E-state index contributed by atoms with van der Waals surface area (Å²) in [6.07, 6.45) is 1.47. The van der Waals surface area contributed by atoms with Crippen LogP contribution in [-0.4, -0.2) is 45.5 Å². The molecule has 0 N–H and O–H groups in total. The molecule has 1 amide bonds. The van der Waals surface area contributed by atoms with E-state index in [1.54, 1.807) is 50.6 Å². The zero-order valence-electron chi connectivity index (χ0n) is 18.1. The van der Waals surface area contributed by atoms with Crippen LogP contribution in [0.25, 0.3) is 5.76 Å². The maximum atomic E-state index is 12.7. The van der Waals surface area contributed by atoms with E-state index in [0.29, 0.717) is 33.3 Å². The van der Waals surface area contributed by atoms with Gasteiger partial charge < -0.3 is 9.47 Å². The van der Waals surface area contributed by atoms with Crippen LogP contribution in [0.4, 0.5) is 0 Å². The Morgan fingerprint density at radius 2 is 1.74 bits per heavy atom. The minimum atomic E-state index is -3.36. The van der Waals surface area contributed by atoms with Gasteiger partial charge in [-0.2, -0.15) is 5.10 Å². The molecule has 4 rings (SSSR count). The molecule has 2 aliphatic rings. The Bertz CT molecular complexity index is 1240. The van der Waals surface area contributed by atoms with Crippen molar-refractivity contribution >= 4 is 27.7 Å². The fourth-order valence-electron chi connectivity index (χ4n) is 4.26. The first-order valence-electron chi connectivity index (χ1n) is 9.80. The molecule has 0 atom stereocenters. The number of fused-ring (bicyclic) bond motifs is 1. The summed E-state index contributed by atoms with van der Waals surface area (Å²) >= 11 is 0. The van der Waals surface area contributed by atoms with Gasteiger partial charge in [-0.25, -0.2) is 13.4 Å². The molecule has 0 aromatic heterocycles. The maximum absolute atomic E-state index is 12.7. The number of hydrogen-bond acceptors (Lipinski definition) is 6. The quantitative estimate of drug-likeness (QED) is 0.538. The number of methoxy groups -OCH3 is 1. The molecule has 31 heavy (non-hydrogen) atoms. The van der Waals surface area contributed by atoms with Gasteiger partial charge in [0, 0.05) is 18.0 Å². The molecule has 2 aliphatic heterocycles. The van der Waals surface area contributed by atoms with E-state index in [0.717, 1.165) is 11.1 Å². The molecule has 162 valence electrons. The van der Waals surface area contributed by atoms with Gasteiger partial charge in [-0.1, -0.05) is 13.8 Å². The average molecular weight is 441 g/mol. The summed E-state index contributed by atoms with van der Waals surface area (Å²) in [6, 6.07) is 10.3. The lowest BCUT2D eigenvalue weighted by Gasteiger charge is -2.22. The Morgan fingerprint density at radius 3 is 2.32 bits per heavy atom. The highest BCUT2D eigenvalue weighted by molar-refractivity contribution is 7.91. The highest BCUT2D eigenvalue weighted by Crippen LogP contribution is 2.44. The Balaban J connectivity index is 1.91. The molecule has 2 aromatic rings. The molecule has 2 heterocycles. The van der Waals surface area contributed by atoms with Crippen LogP contribution in [0.1, 0.15) is 30.5 Å². The summed E-state index contributed by atoms with van der Waals surface area (Å²) in [5, 5.41) is 5.31. The Labute approximate surface area is 181 Å². The Morgan fingerprint density at radius 1 is 1.10 bits per heavy atom. The lowest BCUT2D eigenvalue weighted by Crippen LogP contribution is -2.21. The number of hydrogen-bond donors (Lipinski definition) is 0. The standard InChI is InChI=1S/C23H24N2O5S/c1-14-17(10-11-19-20(14)23(2,3)13-31(19,27)28)21(18-12-24-25(4)22(18)26)30-16-8-6-15(29-5)7-9-16/h6-12H,13H2,1-5H3/b21-18-. The van der Waals surface area contributed by atoms with E-state index in [2.05, 4.69) is 5.10 Å². The summed E-state index contributed by atoms with van der Waals surface area (Å²) in [7, 11) is -0.204. The van der Waals surface area contributed by atoms with Crippen LogP contribution in [0, 0.1) is 6.92 Å².